The molecule has 0 bridgehead atoms. The average Bonchev–Trinajstić information content (AvgIpc) is 3.58. The predicted molar refractivity (Wildman–Crippen MR) is 183 cm³/mol. The lowest BCUT2D eigenvalue weighted by atomic mass is 10.0. The number of carbonyl (C=O) groups is 2. The van der Waals surface area contributed by atoms with Gasteiger partial charge in [0.25, 0.3) is 15.9 Å². The van der Waals surface area contributed by atoms with Gasteiger partial charge in [-0.15, -0.1) is 5.10 Å². The molecule has 19 heteroatoms. The Morgan fingerprint density at radius 3 is 2.44 bits per heavy atom. The molecule has 0 aromatic carbocycles. The van der Waals surface area contributed by atoms with Gasteiger partial charge < -0.3 is 24.4 Å². The third kappa shape index (κ3) is 9.43. The molecule has 1 aliphatic carbocycles. The third-order valence-corrected chi connectivity index (χ3v) is 10.1. The zero-order valence-electron chi connectivity index (χ0n) is 29.3. The maximum atomic E-state index is 13.2. The lowest BCUT2D eigenvalue weighted by molar-refractivity contribution is -0.190. The molecule has 1 aliphatic heterocycles. The molecule has 2 N–H and O–H groups in total. The van der Waals surface area contributed by atoms with E-state index in [1.807, 2.05) is 39.3 Å². The van der Waals surface area contributed by atoms with Crippen LogP contribution in [0.2, 0.25) is 5.15 Å². The Kier molecular flexibility index (Phi) is 11.0. The summed E-state index contributed by atoms with van der Waals surface area (Å²) >= 11 is 6.24. The summed E-state index contributed by atoms with van der Waals surface area (Å²) in [5, 5.41) is 6.38. The second kappa shape index (κ2) is 14.7. The first-order chi connectivity index (χ1) is 24.2. The summed E-state index contributed by atoms with van der Waals surface area (Å²) < 4.78 is 85.7. The number of hydrogen-bond acceptors (Lipinski definition) is 11. The number of nitrogens with zero attached hydrogens (tertiary/aromatic N) is 5. The van der Waals surface area contributed by atoms with E-state index in [1.165, 1.54) is 41.2 Å². The summed E-state index contributed by atoms with van der Waals surface area (Å²) in [6.45, 7) is 10.0. The van der Waals surface area contributed by atoms with Crippen molar-refractivity contribution in [1.82, 2.24) is 29.4 Å². The molecular weight excluding hydrogens is 731 g/mol. The van der Waals surface area contributed by atoms with Crippen molar-refractivity contribution in [3.8, 4) is 11.7 Å². The SMILES string of the molecule is CC(C)(C)OC(=O)N1CC(OCCNc2cccc(S(=O)(=O)NC(=O)c3ccc(-n4ccc(OCCC5(C(F)(F)F)CC5)n4)nc3Cl)n2)CC1(C)C. The van der Waals surface area contributed by atoms with Crippen LogP contribution in [0.4, 0.5) is 23.8 Å². The summed E-state index contributed by atoms with van der Waals surface area (Å²) in [5.74, 6) is -0.611. The Morgan fingerprint density at radius 1 is 1.06 bits per heavy atom. The van der Waals surface area contributed by atoms with Crippen LogP contribution >= 0.6 is 11.6 Å². The van der Waals surface area contributed by atoms with Gasteiger partial charge in [0.1, 0.15) is 16.6 Å². The maximum absolute atomic E-state index is 13.2. The van der Waals surface area contributed by atoms with Crippen LogP contribution in [-0.4, -0.2) is 94.8 Å². The lowest BCUT2D eigenvalue weighted by Gasteiger charge is -2.33. The number of ether oxygens (including phenoxy) is 3. The molecule has 0 spiro atoms. The molecule has 3 aromatic heterocycles. The maximum Gasteiger partial charge on any atom is 0.410 e. The van der Waals surface area contributed by atoms with Gasteiger partial charge >= 0.3 is 12.3 Å². The molecule has 0 radical (unpaired) electrons. The number of rotatable bonds is 13. The smallest absolute Gasteiger partial charge is 0.410 e. The minimum atomic E-state index is -4.44. The van der Waals surface area contributed by atoms with Crippen LogP contribution in [0.1, 0.15) is 70.7 Å². The molecule has 1 unspecified atom stereocenters. The number of hydrogen-bond donors (Lipinski definition) is 2. The highest BCUT2D eigenvalue weighted by atomic mass is 35.5. The molecule has 2 fully saturated rings. The van der Waals surface area contributed by atoms with Crippen LogP contribution in [0, 0.1) is 5.41 Å². The molecule has 1 saturated carbocycles. The second-order valence-corrected chi connectivity index (χ2v) is 16.3. The van der Waals surface area contributed by atoms with Crippen molar-refractivity contribution >= 4 is 39.4 Å². The zero-order chi connectivity index (χ0) is 38.1. The molecule has 4 heterocycles. The number of aromatic nitrogens is 4. The van der Waals surface area contributed by atoms with Crippen molar-refractivity contribution in [3.05, 3.63) is 53.3 Å². The van der Waals surface area contributed by atoms with Gasteiger partial charge in [-0.25, -0.2) is 24.2 Å². The fourth-order valence-corrected chi connectivity index (χ4v) is 6.81. The third-order valence-electron chi connectivity index (χ3n) is 8.61. The van der Waals surface area contributed by atoms with E-state index in [4.69, 9.17) is 25.8 Å². The van der Waals surface area contributed by atoms with Crippen molar-refractivity contribution in [2.75, 3.05) is 31.6 Å². The quantitative estimate of drug-likeness (QED) is 0.160. The molecule has 2 aliphatic rings. The van der Waals surface area contributed by atoms with Crippen molar-refractivity contribution in [2.24, 2.45) is 5.41 Å². The number of carbonyl (C=O) groups excluding carboxylic acids is 2. The molecule has 1 saturated heterocycles. The summed E-state index contributed by atoms with van der Waals surface area (Å²) in [6, 6.07) is 8.29. The lowest BCUT2D eigenvalue weighted by Crippen LogP contribution is -2.45. The Balaban J connectivity index is 1.11. The van der Waals surface area contributed by atoms with E-state index >= 15 is 0 Å². The fraction of sp³-hybridized carbons (Fsp3) is 0.545. The van der Waals surface area contributed by atoms with E-state index in [0.29, 0.717) is 13.0 Å². The van der Waals surface area contributed by atoms with E-state index < -0.39 is 49.8 Å². The predicted octanol–water partition coefficient (Wildman–Crippen LogP) is 5.76. The van der Waals surface area contributed by atoms with Crippen molar-refractivity contribution in [1.29, 1.82) is 0 Å². The number of alkyl halides is 3. The average molecular weight is 772 g/mol. The van der Waals surface area contributed by atoms with E-state index in [1.54, 1.807) is 11.0 Å². The van der Waals surface area contributed by atoms with Crippen LogP contribution in [-0.2, 0) is 19.5 Å². The number of sulfonamides is 1. The van der Waals surface area contributed by atoms with Crippen LogP contribution < -0.4 is 14.8 Å². The van der Waals surface area contributed by atoms with Crippen molar-refractivity contribution in [3.63, 3.8) is 0 Å². The topological polar surface area (TPSA) is 167 Å². The van der Waals surface area contributed by atoms with Gasteiger partial charge in [-0.3, -0.25) is 4.79 Å². The van der Waals surface area contributed by atoms with Crippen LogP contribution in [0.5, 0.6) is 5.88 Å². The first-order valence-electron chi connectivity index (χ1n) is 16.5. The Labute approximate surface area is 304 Å². The summed E-state index contributed by atoms with van der Waals surface area (Å²) in [6.07, 6.45) is -2.87. The Morgan fingerprint density at radius 2 is 1.79 bits per heavy atom. The van der Waals surface area contributed by atoms with Gasteiger partial charge in [-0.2, -0.15) is 21.6 Å². The van der Waals surface area contributed by atoms with Crippen LogP contribution in [0.25, 0.3) is 5.82 Å². The molecule has 5 rings (SSSR count). The highest BCUT2D eigenvalue weighted by molar-refractivity contribution is 7.90. The van der Waals surface area contributed by atoms with E-state index in [2.05, 4.69) is 20.4 Å². The zero-order valence-corrected chi connectivity index (χ0v) is 30.9. The normalized spacial score (nSPS) is 18.2. The first kappa shape index (κ1) is 39.1. The van der Waals surface area contributed by atoms with E-state index in [0.717, 1.165) is 0 Å². The number of nitrogens with one attached hydrogen (secondary N) is 2. The van der Waals surface area contributed by atoms with Crippen LogP contribution in [0.15, 0.2) is 47.6 Å². The molecule has 2 amide bonds. The second-order valence-electron chi connectivity index (χ2n) is 14.3. The van der Waals surface area contributed by atoms with Crippen molar-refractivity contribution < 1.29 is 45.4 Å². The number of pyridine rings is 2. The number of anilines is 1. The van der Waals surface area contributed by atoms with Crippen LogP contribution in [0.3, 0.4) is 0 Å². The molecular formula is C33H41ClF3N7O7S. The number of amides is 2. The van der Waals surface area contributed by atoms with Gasteiger partial charge in [0.2, 0.25) is 5.88 Å². The summed E-state index contributed by atoms with van der Waals surface area (Å²) in [7, 11) is -4.44. The highest BCUT2D eigenvalue weighted by Gasteiger charge is 2.62. The van der Waals surface area contributed by atoms with E-state index in [-0.39, 0.29) is 73.4 Å². The molecule has 14 nitrogen and oxygen atoms in total. The monoisotopic (exact) mass is 771 g/mol. The molecule has 3 aromatic rings. The van der Waals surface area contributed by atoms with Gasteiger partial charge in [0.05, 0.1) is 36.8 Å². The Bertz CT molecular complexity index is 1900. The Hall–Kier alpha value is -4.16. The van der Waals surface area contributed by atoms with Gasteiger partial charge in [-0.05, 0) is 84.6 Å². The summed E-state index contributed by atoms with van der Waals surface area (Å²) in [4.78, 5) is 35.5. The van der Waals surface area contributed by atoms with E-state index in [9.17, 15) is 31.2 Å². The van der Waals surface area contributed by atoms with Crippen molar-refractivity contribution in [2.45, 2.75) is 88.7 Å². The number of likely N-dealkylation sites (tertiary alicyclic amines) is 1. The molecule has 52 heavy (non-hydrogen) atoms. The highest BCUT2D eigenvalue weighted by Crippen LogP contribution is 2.59. The molecule has 1 atom stereocenters. The van der Waals surface area contributed by atoms with Gasteiger partial charge in [0, 0.05) is 24.3 Å². The van der Waals surface area contributed by atoms with Gasteiger partial charge in [0.15, 0.2) is 10.8 Å². The van der Waals surface area contributed by atoms with Gasteiger partial charge in [-0.1, -0.05) is 17.7 Å². The minimum Gasteiger partial charge on any atom is -0.477 e. The summed E-state index contributed by atoms with van der Waals surface area (Å²) in [5.41, 5.74) is -3.01. The fourth-order valence-electron chi connectivity index (χ4n) is 5.64. The molecule has 284 valence electrons. The largest absolute Gasteiger partial charge is 0.477 e. The first-order valence-corrected chi connectivity index (χ1v) is 18.4. The minimum absolute atomic E-state index is 0.0741. The standard InChI is InChI=1S/C33H41ClF3N7O7S/c1-30(2,3)51-29(46)43-20-21(19-31(43,4)5)49-18-15-38-23-7-6-8-26(39-23)52(47,48)42-28(45)22-9-10-24(40-27(22)34)44-16-11-25(41-44)50-17-14-32(12-13-32)33(35,36)37/h6-11,16,21H,12-15,17-20H2,1-5H3,(H,38,39)(H,42,45). The number of halogens is 4.